The van der Waals surface area contributed by atoms with Crippen LogP contribution in [0.15, 0.2) is 64.0 Å². The number of amides is 1. The fourth-order valence-electron chi connectivity index (χ4n) is 3.53. The predicted molar refractivity (Wildman–Crippen MR) is 127 cm³/mol. The quantitative estimate of drug-likeness (QED) is 0.547. The molecule has 174 valence electrons. The summed E-state index contributed by atoms with van der Waals surface area (Å²) >= 11 is 5.91. The maximum Gasteiger partial charge on any atom is 0.243 e. The van der Waals surface area contributed by atoms with Gasteiger partial charge in [-0.15, -0.1) is 0 Å². The zero-order valence-electron chi connectivity index (χ0n) is 18.2. The molecule has 1 aromatic heterocycles. The van der Waals surface area contributed by atoms with Crippen LogP contribution in [0.4, 0.5) is 5.69 Å². The Balaban J connectivity index is 1.35. The van der Waals surface area contributed by atoms with Crippen molar-refractivity contribution in [2.75, 3.05) is 38.5 Å². The number of benzene rings is 2. The van der Waals surface area contributed by atoms with Crippen LogP contribution in [0.2, 0.25) is 5.02 Å². The molecule has 4 rings (SSSR count). The number of piperazine rings is 1. The van der Waals surface area contributed by atoms with E-state index in [0.717, 1.165) is 5.56 Å². The lowest BCUT2D eigenvalue weighted by atomic mass is 10.2. The normalized spacial score (nSPS) is 15.5. The van der Waals surface area contributed by atoms with Crippen molar-refractivity contribution in [2.45, 2.75) is 17.7 Å². The number of likely N-dealkylation sites (N-methyl/N-ethyl adjacent to an activating group) is 1. The molecule has 33 heavy (non-hydrogen) atoms. The monoisotopic (exact) mass is 488 g/mol. The van der Waals surface area contributed by atoms with E-state index in [1.807, 2.05) is 19.2 Å². The number of rotatable bonds is 7. The Hall–Kier alpha value is -2.72. The molecule has 1 N–H and O–H groups in total. The van der Waals surface area contributed by atoms with Crippen molar-refractivity contribution in [3.8, 4) is 11.3 Å². The van der Waals surface area contributed by atoms with E-state index in [2.05, 4.69) is 15.2 Å². The van der Waals surface area contributed by atoms with Gasteiger partial charge in [-0.05, 0) is 49.5 Å². The molecule has 1 amide bonds. The summed E-state index contributed by atoms with van der Waals surface area (Å²) in [6.45, 7) is 2.28. The second-order valence-corrected chi connectivity index (χ2v) is 10.3. The highest BCUT2D eigenvalue weighted by Gasteiger charge is 2.27. The molecule has 1 aliphatic heterocycles. The first-order chi connectivity index (χ1) is 15.8. The lowest BCUT2D eigenvalue weighted by molar-refractivity contribution is -0.116. The van der Waals surface area contributed by atoms with E-state index in [4.69, 9.17) is 16.0 Å². The van der Waals surface area contributed by atoms with Crippen molar-refractivity contribution in [2.24, 2.45) is 0 Å². The van der Waals surface area contributed by atoms with Gasteiger partial charge in [-0.25, -0.2) is 13.4 Å². The molecule has 0 saturated carbocycles. The number of oxazole rings is 1. The highest BCUT2D eigenvalue weighted by molar-refractivity contribution is 7.89. The van der Waals surface area contributed by atoms with Gasteiger partial charge >= 0.3 is 0 Å². The first-order valence-electron chi connectivity index (χ1n) is 10.6. The van der Waals surface area contributed by atoms with Gasteiger partial charge in [0.25, 0.3) is 0 Å². The molecular formula is C23H25ClN4O4S. The van der Waals surface area contributed by atoms with Crippen LogP contribution in [0.5, 0.6) is 0 Å². The average molecular weight is 489 g/mol. The van der Waals surface area contributed by atoms with Crippen molar-refractivity contribution in [1.82, 2.24) is 14.2 Å². The van der Waals surface area contributed by atoms with Gasteiger partial charge in [0.05, 0.1) is 11.1 Å². The fraction of sp³-hybridized carbons (Fsp3) is 0.304. The van der Waals surface area contributed by atoms with Crippen LogP contribution in [0, 0.1) is 0 Å². The van der Waals surface area contributed by atoms with E-state index >= 15 is 0 Å². The second kappa shape index (κ2) is 10.0. The third kappa shape index (κ3) is 5.80. The van der Waals surface area contributed by atoms with E-state index in [-0.39, 0.29) is 17.2 Å². The highest BCUT2D eigenvalue weighted by atomic mass is 35.5. The van der Waals surface area contributed by atoms with Gasteiger partial charge in [0.1, 0.15) is 0 Å². The molecule has 0 radical (unpaired) electrons. The molecule has 2 aromatic carbocycles. The molecule has 0 aliphatic carbocycles. The Morgan fingerprint density at radius 3 is 2.58 bits per heavy atom. The lowest BCUT2D eigenvalue weighted by Crippen LogP contribution is -2.47. The Morgan fingerprint density at radius 2 is 1.85 bits per heavy atom. The number of carbonyl (C=O) groups is 1. The molecule has 0 spiro atoms. The number of sulfonamides is 1. The number of nitrogens with zero attached hydrogens (tertiary/aromatic N) is 3. The van der Waals surface area contributed by atoms with Crippen LogP contribution in [0.25, 0.3) is 11.3 Å². The minimum absolute atomic E-state index is 0.149. The van der Waals surface area contributed by atoms with Crippen LogP contribution in [0.3, 0.4) is 0 Å². The summed E-state index contributed by atoms with van der Waals surface area (Å²) in [5.41, 5.74) is 1.28. The molecule has 0 atom stereocenters. The summed E-state index contributed by atoms with van der Waals surface area (Å²) in [5.74, 6) is 0.792. The van der Waals surface area contributed by atoms with E-state index in [1.54, 1.807) is 36.5 Å². The number of anilines is 1. The number of hydrogen-bond acceptors (Lipinski definition) is 6. The molecule has 1 aliphatic rings. The molecule has 1 fully saturated rings. The topological polar surface area (TPSA) is 95.8 Å². The smallest absolute Gasteiger partial charge is 0.243 e. The first-order valence-corrected chi connectivity index (χ1v) is 12.4. The number of carbonyl (C=O) groups excluding carboxylic acids is 1. The molecule has 1 saturated heterocycles. The van der Waals surface area contributed by atoms with Gasteiger partial charge in [-0.3, -0.25) is 4.79 Å². The summed E-state index contributed by atoms with van der Waals surface area (Å²) in [7, 11) is -1.63. The molecule has 2 heterocycles. The molecule has 8 nitrogen and oxygen atoms in total. The third-order valence-corrected chi connectivity index (χ3v) is 7.61. The zero-order valence-corrected chi connectivity index (χ0v) is 19.8. The second-order valence-electron chi connectivity index (χ2n) is 7.91. The van der Waals surface area contributed by atoms with Crippen LogP contribution < -0.4 is 5.32 Å². The van der Waals surface area contributed by atoms with Gasteiger partial charge in [0.15, 0.2) is 11.7 Å². The van der Waals surface area contributed by atoms with E-state index in [9.17, 15) is 13.2 Å². The van der Waals surface area contributed by atoms with Crippen LogP contribution >= 0.6 is 11.6 Å². The first kappa shape index (κ1) is 23.4. The third-order valence-electron chi connectivity index (χ3n) is 5.47. The Labute approximate surface area is 198 Å². The van der Waals surface area contributed by atoms with Crippen LogP contribution in [0.1, 0.15) is 12.3 Å². The van der Waals surface area contributed by atoms with Crippen molar-refractivity contribution in [3.05, 3.63) is 65.6 Å². The van der Waals surface area contributed by atoms with Gasteiger partial charge in [-0.1, -0.05) is 17.7 Å². The summed E-state index contributed by atoms with van der Waals surface area (Å²) in [5, 5.41) is 3.40. The predicted octanol–water partition coefficient (Wildman–Crippen LogP) is 3.50. The zero-order chi connectivity index (χ0) is 23.4. The molecular weight excluding hydrogens is 464 g/mol. The van der Waals surface area contributed by atoms with Gasteiger partial charge in [-0.2, -0.15) is 4.31 Å². The van der Waals surface area contributed by atoms with Gasteiger partial charge < -0.3 is 14.6 Å². The molecule has 10 heteroatoms. The lowest BCUT2D eigenvalue weighted by Gasteiger charge is -2.31. The van der Waals surface area contributed by atoms with Gasteiger partial charge in [0.2, 0.25) is 15.9 Å². The minimum atomic E-state index is -3.60. The van der Waals surface area contributed by atoms with Crippen LogP contribution in [-0.2, 0) is 21.2 Å². The Kier molecular flexibility index (Phi) is 7.14. The number of halogens is 1. The molecule has 0 bridgehead atoms. The average Bonchev–Trinajstić information content (AvgIpc) is 3.28. The Bertz CT molecular complexity index is 1220. The number of nitrogens with one attached hydrogen (secondary N) is 1. The van der Waals surface area contributed by atoms with Crippen molar-refractivity contribution in [1.29, 1.82) is 0 Å². The van der Waals surface area contributed by atoms with Crippen LogP contribution in [-0.4, -0.2) is 61.7 Å². The van der Waals surface area contributed by atoms with Crippen molar-refractivity contribution < 1.29 is 17.6 Å². The fourth-order valence-corrected chi connectivity index (χ4v) is 5.12. The number of hydrogen-bond donors (Lipinski definition) is 1. The summed E-state index contributed by atoms with van der Waals surface area (Å²) < 4.78 is 33.1. The number of aryl methyl sites for hydroxylation is 1. The maximum absolute atomic E-state index is 12.9. The highest BCUT2D eigenvalue weighted by Crippen LogP contribution is 2.23. The molecule has 0 unspecified atom stereocenters. The largest absolute Gasteiger partial charge is 0.441 e. The SMILES string of the molecule is CN1CCN(S(=O)(=O)c2cccc(NC(=O)CCc3ncc(-c4ccc(Cl)cc4)o3)c2)CC1. The summed E-state index contributed by atoms with van der Waals surface area (Å²) in [4.78, 5) is 18.9. The summed E-state index contributed by atoms with van der Waals surface area (Å²) in [6, 6.07) is 13.6. The van der Waals surface area contributed by atoms with Gasteiger partial charge in [0, 0.05) is 55.3 Å². The minimum Gasteiger partial charge on any atom is -0.441 e. The van der Waals surface area contributed by atoms with E-state index < -0.39 is 10.0 Å². The van der Waals surface area contributed by atoms with Crippen molar-refractivity contribution in [3.63, 3.8) is 0 Å². The van der Waals surface area contributed by atoms with Crippen molar-refractivity contribution >= 4 is 33.2 Å². The number of aromatic nitrogens is 1. The van der Waals surface area contributed by atoms with E-state index in [1.165, 1.54) is 10.4 Å². The standard InChI is InChI=1S/C23H25ClN4O4S/c1-27-11-13-28(14-12-27)33(30,31)20-4-2-3-19(15-20)26-22(29)9-10-23-25-16-21(32-23)17-5-7-18(24)8-6-17/h2-8,15-16H,9-14H2,1H3,(H,26,29). The maximum atomic E-state index is 12.9. The molecule has 3 aromatic rings. The van der Waals surface area contributed by atoms with E-state index in [0.29, 0.717) is 55.0 Å². The summed E-state index contributed by atoms with van der Waals surface area (Å²) in [6.07, 6.45) is 2.08. The Morgan fingerprint density at radius 1 is 1.12 bits per heavy atom.